The average molecular weight is 716 g/mol. The Kier molecular flexibility index (Phi) is 9.05. The van der Waals surface area contributed by atoms with Gasteiger partial charge in [0.25, 0.3) is 17.7 Å². The molecule has 49 heavy (non-hydrogen) atoms. The number of carbonyl (C=O) groups excluding carboxylic acids is 3. The molecule has 0 radical (unpaired) electrons. The summed E-state index contributed by atoms with van der Waals surface area (Å²) < 4.78 is 75.6. The Morgan fingerprint density at radius 3 is 2.47 bits per heavy atom. The fourth-order valence-electron chi connectivity index (χ4n) is 5.89. The van der Waals surface area contributed by atoms with Gasteiger partial charge in [-0.15, -0.1) is 0 Å². The first-order valence-corrected chi connectivity index (χ1v) is 15.4. The highest BCUT2D eigenvalue weighted by atomic mass is 35.5. The summed E-state index contributed by atoms with van der Waals surface area (Å²) >= 11 is 6.39. The SMILES string of the molecule is COC1CN(C(=O)N[C@H]2CNC[C@@H]2O)CC1NC(=O)c1ccc(NC(=O)c2ncc(-c3cn(C4CC4(F)F)nc3C(F)(F)F)n2C)cc1Cl. The van der Waals surface area contributed by atoms with Crippen LogP contribution in [0.2, 0.25) is 5.02 Å². The van der Waals surface area contributed by atoms with E-state index in [0.717, 1.165) is 17.0 Å². The van der Waals surface area contributed by atoms with E-state index in [-0.39, 0.29) is 40.9 Å². The molecule has 5 N–H and O–H groups in total. The van der Waals surface area contributed by atoms with Crippen molar-refractivity contribution in [2.24, 2.45) is 7.05 Å². The minimum atomic E-state index is -4.96. The third-order valence-electron chi connectivity index (χ3n) is 8.72. The zero-order valence-corrected chi connectivity index (χ0v) is 26.6. The van der Waals surface area contributed by atoms with Gasteiger partial charge in [-0.2, -0.15) is 18.3 Å². The number of imidazole rings is 1. The number of anilines is 1. The second-order valence-corrected chi connectivity index (χ2v) is 12.5. The molecule has 0 spiro atoms. The normalized spacial score (nSPS) is 24.6. The molecule has 6 rings (SSSR count). The van der Waals surface area contributed by atoms with Gasteiger partial charge in [0, 0.05) is 52.1 Å². The smallest absolute Gasteiger partial charge is 0.390 e. The molecule has 3 aliphatic rings. The number of methoxy groups -OCH3 is 1. The first kappa shape index (κ1) is 34.5. The van der Waals surface area contributed by atoms with Crippen LogP contribution < -0.4 is 21.3 Å². The van der Waals surface area contributed by atoms with Crippen molar-refractivity contribution >= 4 is 35.1 Å². The van der Waals surface area contributed by atoms with Crippen molar-refractivity contribution in [3.8, 4) is 11.3 Å². The number of ether oxygens (including phenoxy) is 1. The Balaban J connectivity index is 1.11. The number of aliphatic hydroxyl groups is 1. The van der Waals surface area contributed by atoms with Crippen molar-refractivity contribution in [3.05, 3.63) is 52.7 Å². The first-order valence-electron chi connectivity index (χ1n) is 15.0. The molecule has 1 aliphatic carbocycles. The molecule has 0 bridgehead atoms. The van der Waals surface area contributed by atoms with Gasteiger partial charge < -0.3 is 40.6 Å². The molecule has 14 nitrogen and oxygen atoms in total. The van der Waals surface area contributed by atoms with Crippen molar-refractivity contribution in [1.82, 2.24) is 40.2 Å². The molecule has 4 heterocycles. The number of benzene rings is 1. The van der Waals surface area contributed by atoms with Crippen molar-refractivity contribution in [3.63, 3.8) is 0 Å². The van der Waals surface area contributed by atoms with Crippen LogP contribution in [0.1, 0.15) is 39.1 Å². The molecule has 3 aromatic rings. The summed E-state index contributed by atoms with van der Waals surface area (Å²) in [6, 6.07) is 1.08. The highest BCUT2D eigenvalue weighted by Crippen LogP contribution is 2.53. The molecule has 1 saturated carbocycles. The highest BCUT2D eigenvalue weighted by Gasteiger charge is 2.59. The average Bonchev–Trinajstić information content (AvgIpc) is 3.57. The maximum absolute atomic E-state index is 13.8. The molecular formula is C29H31ClF5N9O5. The summed E-state index contributed by atoms with van der Waals surface area (Å²) in [6.07, 6.45) is -4.97. The quantitative estimate of drug-likeness (QED) is 0.222. The number of halogens is 6. The highest BCUT2D eigenvalue weighted by molar-refractivity contribution is 6.34. The summed E-state index contributed by atoms with van der Waals surface area (Å²) in [4.78, 5) is 44.4. The summed E-state index contributed by atoms with van der Waals surface area (Å²) in [7, 11) is 2.74. The zero-order chi connectivity index (χ0) is 35.4. The molecule has 3 fully saturated rings. The van der Waals surface area contributed by atoms with Gasteiger partial charge in [-0.3, -0.25) is 14.3 Å². The molecule has 2 aromatic heterocycles. The lowest BCUT2D eigenvalue weighted by Gasteiger charge is -2.22. The summed E-state index contributed by atoms with van der Waals surface area (Å²) in [5.74, 6) is -4.87. The van der Waals surface area contributed by atoms with Crippen molar-refractivity contribution < 1.29 is 46.2 Å². The largest absolute Gasteiger partial charge is 0.435 e. The number of carbonyl (C=O) groups is 3. The van der Waals surface area contributed by atoms with Crippen LogP contribution in [-0.2, 0) is 18.0 Å². The predicted molar refractivity (Wildman–Crippen MR) is 162 cm³/mol. The van der Waals surface area contributed by atoms with Crippen LogP contribution in [0.3, 0.4) is 0 Å². The van der Waals surface area contributed by atoms with E-state index in [1.54, 1.807) is 0 Å². The number of nitrogens with zero attached hydrogens (tertiary/aromatic N) is 5. The van der Waals surface area contributed by atoms with Crippen molar-refractivity contribution in [2.75, 3.05) is 38.6 Å². The molecule has 5 atom stereocenters. The molecule has 2 saturated heterocycles. The Morgan fingerprint density at radius 1 is 1.12 bits per heavy atom. The van der Waals surface area contributed by atoms with Crippen LogP contribution in [0.5, 0.6) is 0 Å². The summed E-state index contributed by atoms with van der Waals surface area (Å²) in [6.45, 7) is 1.10. The van der Waals surface area contributed by atoms with Gasteiger partial charge in [-0.1, -0.05) is 11.6 Å². The third kappa shape index (κ3) is 6.92. The Labute approximate surface area is 279 Å². The first-order chi connectivity index (χ1) is 23.1. The number of rotatable bonds is 8. The lowest BCUT2D eigenvalue weighted by molar-refractivity contribution is -0.141. The zero-order valence-electron chi connectivity index (χ0n) is 25.9. The Morgan fingerprint density at radius 2 is 1.86 bits per heavy atom. The van der Waals surface area contributed by atoms with Gasteiger partial charge in [-0.05, 0) is 18.2 Å². The van der Waals surface area contributed by atoms with E-state index in [0.29, 0.717) is 17.8 Å². The molecule has 4 amide bonds. The number of hydrogen-bond acceptors (Lipinski definition) is 8. The number of β-amino-alcohol motifs (C(OH)–C–C–N with tert-alkyl or cyclic N) is 1. The van der Waals surface area contributed by atoms with Crippen LogP contribution in [0.4, 0.5) is 32.4 Å². The monoisotopic (exact) mass is 715 g/mol. The topological polar surface area (TPSA) is 168 Å². The van der Waals surface area contributed by atoms with E-state index in [2.05, 4.69) is 31.3 Å². The maximum atomic E-state index is 13.8. The number of aromatic nitrogens is 4. The Hall–Kier alpha value is -4.33. The van der Waals surface area contributed by atoms with Gasteiger partial charge in [0.15, 0.2) is 11.5 Å². The van der Waals surface area contributed by atoms with Gasteiger partial charge in [0.1, 0.15) is 6.04 Å². The van der Waals surface area contributed by atoms with Crippen LogP contribution >= 0.6 is 11.6 Å². The molecular weight excluding hydrogens is 685 g/mol. The van der Waals surface area contributed by atoms with E-state index in [9.17, 15) is 41.4 Å². The van der Waals surface area contributed by atoms with E-state index in [1.165, 1.54) is 37.3 Å². The van der Waals surface area contributed by atoms with E-state index in [4.69, 9.17) is 16.3 Å². The molecule has 2 aliphatic heterocycles. The number of amides is 4. The lowest BCUT2D eigenvalue weighted by atomic mass is 10.1. The summed E-state index contributed by atoms with van der Waals surface area (Å²) in [5.41, 5.74) is -1.90. The molecule has 264 valence electrons. The standard InChI is InChI=1S/C29H31ClF5N9O5/c1-42-19(15-10-44(22-6-28(22,31)32)41-23(15)29(33,34)35)8-37-24(42)26(47)38-13-3-4-14(16(30)5-13)25(46)39-18-11-43(12-21(18)49-2)27(48)40-17-7-36-9-20(17)45/h3-5,8,10,17-18,20-22,36,45H,6-7,9,11-12H2,1-2H3,(H,38,47)(H,39,46)(H,40,48)/t17-,18?,20-,21?,22?/m0/s1. The molecule has 20 heteroatoms. The number of urea groups is 1. The van der Waals surface area contributed by atoms with Gasteiger partial charge >= 0.3 is 12.2 Å². The Bertz CT molecular complexity index is 1780. The van der Waals surface area contributed by atoms with E-state index < -0.39 is 78.0 Å². The van der Waals surface area contributed by atoms with E-state index >= 15 is 0 Å². The second kappa shape index (κ2) is 12.8. The fraction of sp³-hybridized carbons (Fsp3) is 0.483. The van der Waals surface area contributed by atoms with Crippen LogP contribution in [0.15, 0.2) is 30.6 Å². The number of nitrogens with one attached hydrogen (secondary N) is 4. The van der Waals surface area contributed by atoms with Crippen molar-refractivity contribution in [1.29, 1.82) is 0 Å². The number of hydrogen-bond donors (Lipinski definition) is 5. The van der Waals surface area contributed by atoms with Crippen LogP contribution in [0, 0.1) is 0 Å². The van der Waals surface area contributed by atoms with Crippen molar-refractivity contribution in [2.45, 2.75) is 48.9 Å². The van der Waals surface area contributed by atoms with Gasteiger partial charge in [0.05, 0.1) is 58.9 Å². The van der Waals surface area contributed by atoms with Crippen LogP contribution in [-0.4, -0.2) is 111 Å². The number of aliphatic hydroxyl groups excluding tert-OH is 1. The summed E-state index contributed by atoms with van der Waals surface area (Å²) in [5, 5.41) is 24.4. The fourth-order valence-corrected chi connectivity index (χ4v) is 6.16. The predicted octanol–water partition coefficient (Wildman–Crippen LogP) is 2.26. The second-order valence-electron chi connectivity index (χ2n) is 12.1. The minimum absolute atomic E-state index is 0.0424. The molecule has 1 aromatic carbocycles. The third-order valence-corrected chi connectivity index (χ3v) is 9.03. The lowest BCUT2D eigenvalue weighted by Crippen LogP contribution is -2.49. The number of likely N-dealkylation sites (tertiary alicyclic amines) is 1. The van der Waals surface area contributed by atoms with E-state index in [1.807, 2.05) is 0 Å². The van der Waals surface area contributed by atoms with Gasteiger partial charge in [-0.25, -0.2) is 18.6 Å². The molecule has 3 unspecified atom stereocenters. The number of alkyl halides is 5. The minimum Gasteiger partial charge on any atom is -0.390 e. The van der Waals surface area contributed by atoms with Crippen LogP contribution in [0.25, 0.3) is 11.3 Å². The van der Waals surface area contributed by atoms with Gasteiger partial charge in [0.2, 0.25) is 0 Å². The maximum Gasteiger partial charge on any atom is 0.435 e.